The first-order valence-electron chi connectivity index (χ1n) is 11.8. The van der Waals surface area contributed by atoms with E-state index in [1.807, 2.05) is 12.1 Å². The smallest absolute Gasteiger partial charge is 0.337 e. The Morgan fingerprint density at radius 3 is 2.82 bits per heavy atom. The summed E-state index contributed by atoms with van der Waals surface area (Å²) in [6.07, 6.45) is 4.06. The first-order chi connectivity index (χ1) is 16.0. The lowest BCUT2D eigenvalue weighted by molar-refractivity contribution is -0.297. The van der Waals surface area contributed by atoms with E-state index in [9.17, 15) is 4.79 Å². The third-order valence-corrected chi connectivity index (χ3v) is 8.10. The summed E-state index contributed by atoms with van der Waals surface area (Å²) in [7, 11) is 4.69. The number of nitrogens with one attached hydrogen (secondary N) is 1. The van der Waals surface area contributed by atoms with E-state index in [-0.39, 0.29) is 17.9 Å². The van der Waals surface area contributed by atoms with E-state index in [0.717, 1.165) is 49.4 Å². The van der Waals surface area contributed by atoms with Gasteiger partial charge in [0.15, 0.2) is 5.72 Å². The SMILES string of the molecule is CCC1CN2CC[C@@]34OCCO[C@@]3(Nc3cccc(OC)c34)[C@@H]2C[C@@H]1C(=COC)C(=O)OC. The highest BCUT2D eigenvalue weighted by atomic mass is 16.6. The van der Waals surface area contributed by atoms with Crippen molar-refractivity contribution >= 4 is 11.7 Å². The number of nitrogens with zero attached hydrogens (tertiary/aromatic N) is 1. The summed E-state index contributed by atoms with van der Waals surface area (Å²) in [6, 6.07) is 6.05. The van der Waals surface area contributed by atoms with Crippen molar-refractivity contribution in [3.63, 3.8) is 0 Å². The molecule has 0 saturated carbocycles. The topological polar surface area (TPSA) is 78.5 Å². The zero-order valence-corrected chi connectivity index (χ0v) is 19.9. The van der Waals surface area contributed by atoms with Gasteiger partial charge in [-0.05, 0) is 36.8 Å². The summed E-state index contributed by atoms with van der Waals surface area (Å²) in [5, 5.41) is 3.75. The standard InChI is InChI=1S/C25H34N2O6/c1-5-16-14-27-10-9-24-22-19(7-6-8-20(22)30-3)26-25(24,33-12-11-32-24)21(27)13-17(16)18(15-29-2)23(28)31-4/h6-8,15-17,21,26H,5,9-14H2,1-4H3/t16?,17-,21-,24-,25-/m0/s1. The number of esters is 1. The van der Waals surface area contributed by atoms with Gasteiger partial charge in [0.1, 0.15) is 11.4 Å². The molecule has 0 bridgehead atoms. The van der Waals surface area contributed by atoms with E-state index in [0.29, 0.717) is 24.7 Å². The molecule has 3 fully saturated rings. The molecule has 5 atom stereocenters. The van der Waals surface area contributed by atoms with Gasteiger partial charge >= 0.3 is 5.97 Å². The minimum absolute atomic E-state index is 0.00127. The maximum absolute atomic E-state index is 12.7. The maximum atomic E-state index is 12.7. The Hall–Kier alpha value is -2.29. The average molecular weight is 459 g/mol. The summed E-state index contributed by atoms with van der Waals surface area (Å²) in [5.74, 6) is 0.785. The Kier molecular flexibility index (Phi) is 5.79. The second-order valence-electron chi connectivity index (χ2n) is 9.34. The van der Waals surface area contributed by atoms with Crippen molar-refractivity contribution in [1.29, 1.82) is 0 Å². The van der Waals surface area contributed by atoms with Gasteiger partial charge in [0, 0.05) is 18.8 Å². The number of carbonyl (C=O) groups excluding carboxylic acids is 1. The molecule has 0 aliphatic carbocycles. The van der Waals surface area contributed by atoms with Crippen molar-refractivity contribution < 1.29 is 28.5 Å². The molecule has 5 rings (SSSR count). The van der Waals surface area contributed by atoms with E-state index in [2.05, 4.69) is 23.2 Å². The molecule has 1 N–H and O–H groups in total. The number of anilines is 1. The summed E-state index contributed by atoms with van der Waals surface area (Å²) < 4.78 is 29.5. The van der Waals surface area contributed by atoms with Crippen LogP contribution in [0, 0.1) is 11.8 Å². The predicted octanol–water partition coefficient (Wildman–Crippen LogP) is 2.88. The molecule has 0 spiro atoms. The fourth-order valence-corrected chi connectivity index (χ4v) is 6.73. The lowest BCUT2D eigenvalue weighted by atomic mass is 9.67. The average Bonchev–Trinajstić information content (AvgIpc) is 3.18. The third kappa shape index (κ3) is 3.11. The highest BCUT2D eigenvalue weighted by Gasteiger charge is 2.70. The number of fused-ring (bicyclic) bond motifs is 2. The summed E-state index contributed by atoms with van der Waals surface area (Å²) in [5.41, 5.74) is 1.22. The maximum Gasteiger partial charge on any atom is 0.337 e. The highest BCUT2D eigenvalue weighted by Crippen LogP contribution is 2.61. The molecule has 8 heteroatoms. The van der Waals surface area contributed by atoms with Crippen molar-refractivity contribution in [2.24, 2.45) is 11.8 Å². The number of methoxy groups -OCH3 is 3. The Bertz CT molecular complexity index is 951. The highest BCUT2D eigenvalue weighted by molar-refractivity contribution is 5.88. The number of benzene rings is 1. The Balaban J connectivity index is 1.60. The predicted molar refractivity (Wildman–Crippen MR) is 122 cm³/mol. The number of hydrogen-bond acceptors (Lipinski definition) is 8. The van der Waals surface area contributed by atoms with Gasteiger partial charge in [-0.15, -0.1) is 0 Å². The first-order valence-corrected chi connectivity index (χ1v) is 11.8. The normalized spacial score (nSPS) is 35.4. The van der Waals surface area contributed by atoms with Gasteiger partial charge in [0.05, 0.1) is 58.0 Å². The molecule has 4 aliphatic heterocycles. The van der Waals surface area contributed by atoms with E-state index in [1.165, 1.54) is 7.11 Å². The number of rotatable bonds is 5. The quantitative estimate of drug-likeness (QED) is 0.410. The molecular formula is C25H34N2O6. The van der Waals surface area contributed by atoms with E-state index >= 15 is 0 Å². The first kappa shape index (κ1) is 22.5. The van der Waals surface area contributed by atoms with E-state index in [4.69, 9.17) is 23.7 Å². The molecule has 3 saturated heterocycles. The molecule has 1 aromatic carbocycles. The van der Waals surface area contributed by atoms with Crippen molar-refractivity contribution in [3.05, 3.63) is 35.6 Å². The minimum Gasteiger partial charge on any atom is -0.504 e. The van der Waals surface area contributed by atoms with Gasteiger partial charge in [-0.2, -0.15) is 0 Å². The summed E-state index contributed by atoms with van der Waals surface area (Å²) in [6.45, 7) is 4.99. The second-order valence-corrected chi connectivity index (χ2v) is 9.34. The molecule has 1 aromatic rings. The van der Waals surface area contributed by atoms with Crippen molar-refractivity contribution in [1.82, 2.24) is 4.90 Å². The van der Waals surface area contributed by atoms with Crippen LogP contribution in [-0.2, 0) is 29.3 Å². The van der Waals surface area contributed by atoms with Crippen LogP contribution in [0.15, 0.2) is 30.0 Å². The fourth-order valence-electron chi connectivity index (χ4n) is 6.73. The van der Waals surface area contributed by atoms with Gasteiger partial charge < -0.3 is 29.0 Å². The monoisotopic (exact) mass is 458 g/mol. The van der Waals surface area contributed by atoms with E-state index < -0.39 is 11.3 Å². The van der Waals surface area contributed by atoms with Crippen LogP contribution in [0.5, 0.6) is 5.75 Å². The zero-order chi connectivity index (χ0) is 23.2. The van der Waals surface area contributed by atoms with Crippen LogP contribution < -0.4 is 10.1 Å². The van der Waals surface area contributed by atoms with Crippen LogP contribution in [-0.4, -0.2) is 70.3 Å². The fraction of sp³-hybridized carbons (Fsp3) is 0.640. The van der Waals surface area contributed by atoms with Gasteiger partial charge in [0.2, 0.25) is 0 Å². The summed E-state index contributed by atoms with van der Waals surface area (Å²) >= 11 is 0. The Morgan fingerprint density at radius 1 is 1.27 bits per heavy atom. The van der Waals surface area contributed by atoms with Crippen LogP contribution in [0.1, 0.15) is 31.7 Å². The van der Waals surface area contributed by atoms with Gasteiger partial charge in [-0.1, -0.05) is 19.4 Å². The van der Waals surface area contributed by atoms with Crippen LogP contribution in [0.3, 0.4) is 0 Å². The molecule has 0 aromatic heterocycles. The van der Waals surface area contributed by atoms with Crippen molar-refractivity contribution in [2.75, 3.05) is 52.9 Å². The van der Waals surface area contributed by atoms with Crippen LogP contribution in [0.4, 0.5) is 5.69 Å². The number of hydrogen-bond donors (Lipinski definition) is 1. The molecule has 0 amide bonds. The molecule has 4 heterocycles. The Morgan fingerprint density at radius 2 is 2.09 bits per heavy atom. The molecular weight excluding hydrogens is 424 g/mol. The molecule has 1 unspecified atom stereocenters. The molecule has 33 heavy (non-hydrogen) atoms. The Labute approximate surface area is 195 Å². The van der Waals surface area contributed by atoms with Crippen LogP contribution in [0.25, 0.3) is 0 Å². The van der Waals surface area contributed by atoms with Crippen molar-refractivity contribution in [2.45, 2.75) is 43.6 Å². The van der Waals surface area contributed by atoms with Crippen LogP contribution in [0.2, 0.25) is 0 Å². The zero-order valence-electron chi connectivity index (χ0n) is 19.9. The van der Waals surface area contributed by atoms with Gasteiger partial charge in [-0.25, -0.2) is 4.79 Å². The number of ether oxygens (including phenoxy) is 5. The molecule has 0 radical (unpaired) electrons. The van der Waals surface area contributed by atoms with Gasteiger partial charge in [-0.3, -0.25) is 4.90 Å². The number of piperidine rings is 2. The lowest BCUT2D eigenvalue weighted by Gasteiger charge is -2.61. The second kappa shape index (κ2) is 8.49. The molecule has 8 nitrogen and oxygen atoms in total. The number of carbonyl (C=O) groups is 1. The molecule has 180 valence electrons. The third-order valence-electron chi connectivity index (χ3n) is 8.10. The van der Waals surface area contributed by atoms with Gasteiger partial charge in [0.25, 0.3) is 0 Å². The van der Waals surface area contributed by atoms with Crippen molar-refractivity contribution in [3.8, 4) is 5.75 Å². The summed E-state index contributed by atoms with van der Waals surface area (Å²) in [4.78, 5) is 15.2. The lowest BCUT2D eigenvalue weighted by Crippen LogP contribution is -2.75. The van der Waals surface area contributed by atoms with E-state index in [1.54, 1.807) is 20.5 Å². The molecule has 4 aliphatic rings. The van der Waals surface area contributed by atoms with Crippen LogP contribution >= 0.6 is 0 Å². The largest absolute Gasteiger partial charge is 0.504 e. The minimum atomic E-state index is -0.758.